The third-order valence-electron chi connectivity index (χ3n) is 3.24. The molecule has 0 bridgehead atoms. The Hall–Kier alpha value is -0.120. The van der Waals surface area contributed by atoms with Gasteiger partial charge in [0.2, 0.25) is 0 Å². The Morgan fingerprint density at radius 1 is 1.00 bits per heavy atom. The van der Waals surface area contributed by atoms with E-state index in [-0.39, 0.29) is 6.61 Å². The lowest BCUT2D eigenvalue weighted by molar-refractivity contribution is 0.186. The molecule has 0 saturated carbocycles. The van der Waals surface area contributed by atoms with E-state index in [2.05, 4.69) is 18.7 Å². The van der Waals surface area contributed by atoms with Crippen LogP contribution in [0.2, 0.25) is 0 Å². The largest absolute Gasteiger partial charge is 0.394 e. The topological polar surface area (TPSA) is 49.5 Å². The van der Waals surface area contributed by atoms with E-state index in [0.29, 0.717) is 0 Å². The van der Waals surface area contributed by atoms with Crippen molar-refractivity contribution in [1.82, 2.24) is 4.90 Å². The second-order valence-corrected chi connectivity index (χ2v) is 5.46. The lowest BCUT2D eigenvalue weighted by Gasteiger charge is -2.25. The number of aliphatic hydroxyl groups excluding tert-OH is 1. The van der Waals surface area contributed by atoms with Crippen LogP contribution in [0.15, 0.2) is 0 Å². The van der Waals surface area contributed by atoms with Crippen molar-refractivity contribution in [3.8, 4) is 0 Å². The smallest absolute Gasteiger partial charge is 0.0608 e. The lowest BCUT2D eigenvalue weighted by Crippen LogP contribution is -2.41. The van der Waals surface area contributed by atoms with Crippen LogP contribution in [0.5, 0.6) is 0 Å². The number of hydrogen-bond donors (Lipinski definition) is 2. The minimum atomic E-state index is -0.402. The number of unbranched alkanes of at least 4 members (excludes halogenated alkanes) is 2. The van der Waals surface area contributed by atoms with E-state index < -0.39 is 5.54 Å². The molecule has 17 heavy (non-hydrogen) atoms. The van der Waals surface area contributed by atoms with E-state index in [9.17, 15) is 0 Å². The van der Waals surface area contributed by atoms with Gasteiger partial charge < -0.3 is 15.7 Å². The van der Waals surface area contributed by atoms with Crippen molar-refractivity contribution in [3.63, 3.8) is 0 Å². The molecule has 1 atom stereocenters. The van der Waals surface area contributed by atoms with Crippen LogP contribution < -0.4 is 5.73 Å². The fourth-order valence-electron chi connectivity index (χ4n) is 1.88. The summed E-state index contributed by atoms with van der Waals surface area (Å²) in [4.78, 5) is 2.54. The van der Waals surface area contributed by atoms with E-state index in [1.54, 1.807) is 0 Å². The zero-order valence-corrected chi connectivity index (χ0v) is 12.0. The number of nitrogens with two attached hydrogens (primary N) is 1. The molecule has 104 valence electrons. The first-order valence-corrected chi connectivity index (χ1v) is 7.17. The molecule has 0 radical (unpaired) electrons. The molecule has 0 fully saturated rings. The maximum atomic E-state index is 9.10. The van der Waals surface area contributed by atoms with Crippen LogP contribution in [0.25, 0.3) is 0 Å². The highest BCUT2D eigenvalue weighted by atomic mass is 16.3. The minimum absolute atomic E-state index is 0.0803. The van der Waals surface area contributed by atoms with Gasteiger partial charge in [0, 0.05) is 5.54 Å². The average Bonchev–Trinajstić information content (AvgIpc) is 2.31. The summed E-state index contributed by atoms with van der Waals surface area (Å²) in [6.45, 7) is 10.0. The summed E-state index contributed by atoms with van der Waals surface area (Å²) in [5.74, 6) is 0. The molecule has 0 spiro atoms. The predicted octanol–water partition coefficient (Wildman–Crippen LogP) is 2.38. The molecule has 0 aliphatic heterocycles. The first-order valence-electron chi connectivity index (χ1n) is 7.17. The van der Waals surface area contributed by atoms with Gasteiger partial charge in [0.05, 0.1) is 6.61 Å². The van der Waals surface area contributed by atoms with E-state index in [1.807, 2.05) is 6.92 Å². The van der Waals surface area contributed by atoms with Crippen molar-refractivity contribution in [2.45, 2.75) is 64.8 Å². The Bertz CT molecular complexity index is 164. The highest BCUT2D eigenvalue weighted by Crippen LogP contribution is 2.09. The van der Waals surface area contributed by atoms with Gasteiger partial charge in [-0.15, -0.1) is 0 Å². The maximum Gasteiger partial charge on any atom is 0.0608 e. The maximum absolute atomic E-state index is 9.10. The summed E-state index contributed by atoms with van der Waals surface area (Å²) in [5.41, 5.74) is 5.53. The van der Waals surface area contributed by atoms with Gasteiger partial charge in [-0.25, -0.2) is 0 Å². The molecule has 3 heteroatoms. The summed E-state index contributed by atoms with van der Waals surface area (Å²) in [7, 11) is 0. The summed E-state index contributed by atoms with van der Waals surface area (Å²) >= 11 is 0. The summed E-state index contributed by atoms with van der Waals surface area (Å²) in [6, 6.07) is 0. The normalized spacial score (nSPS) is 15.2. The van der Waals surface area contributed by atoms with Crippen molar-refractivity contribution < 1.29 is 5.11 Å². The number of hydrogen-bond acceptors (Lipinski definition) is 3. The zero-order valence-electron chi connectivity index (χ0n) is 12.0. The van der Waals surface area contributed by atoms with E-state index in [4.69, 9.17) is 10.8 Å². The highest BCUT2D eigenvalue weighted by Gasteiger charge is 2.16. The fraction of sp³-hybridized carbons (Fsp3) is 1.00. The molecule has 3 nitrogen and oxygen atoms in total. The minimum Gasteiger partial charge on any atom is -0.394 e. The Morgan fingerprint density at radius 3 is 1.88 bits per heavy atom. The van der Waals surface area contributed by atoms with Crippen molar-refractivity contribution in [3.05, 3.63) is 0 Å². The predicted molar refractivity (Wildman–Crippen MR) is 75.2 cm³/mol. The van der Waals surface area contributed by atoms with E-state index >= 15 is 0 Å². The Labute approximate surface area is 107 Å². The van der Waals surface area contributed by atoms with Gasteiger partial charge in [0.15, 0.2) is 0 Å². The van der Waals surface area contributed by atoms with Crippen LogP contribution in [0.3, 0.4) is 0 Å². The highest BCUT2D eigenvalue weighted by molar-refractivity contribution is 4.77. The molecule has 1 unspecified atom stereocenters. The fourth-order valence-corrected chi connectivity index (χ4v) is 1.88. The molecule has 0 heterocycles. The molecule has 0 aromatic carbocycles. The van der Waals surface area contributed by atoms with Crippen LogP contribution in [0, 0.1) is 0 Å². The molecule has 3 N–H and O–H groups in total. The van der Waals surface area contributed by atoms with Gasteiger partial charge in [-0.05, 0) is 52.2 Å². The Balaban J connectivity index is 3.81. The van der Waals surface area contributed by atoms with Crippen LogP contribution in [-0.2, 0) is 0 Å². The van der Waals surface area contributed by atoms with Gasteiger partial charge >= 0.3 is 0 Å². The molecule has 0 aromatic rings. The van der Waals surface area contributed by atoms with Crippen molar-refractivity contribution in [2.75, 3.05) is 26.2 Å². The lowest BCUT2D eigenvalue weighted by atomic mass is 9.98. The number of rotatable bonds is 11. The second-order valence-electron chi connectivity index (χ2n) is 5.46. The monoisotopic (exact) mass is 244 g/mol. The third kappa shape index (κ3) is 9.57. The zero-order chi connectivity index (χ0) is 13.1. The molecular weight excluding hydrogens is 212 g/mol. The molecule has 0 aromatic heterocycles. The molecular formula is C14H32N2O. The molecule has 0 rings (SSSR count). The SMILES string of the molecule is CCCCN(CCCC)CCCC(C)(N)CO. The average molecular weight is 244 g/mol. The molecule has 0 aliphatic carbocycles. The number of nitrogens with zero attached hydrogens (tertiary/aromatic N) is 1. The Kier molecular flexibility index (Phi) is 9.79. The van der Waals surface area contributed by atoms with E-state index in [1.165, 1.54) is 38.8 Å². The quantitative estimate of drug-likeness (QED) is 0.587. The summed E-state index contributed by atoms with van der Waals surface area (Å²) in [6.07, 6.45) is 7.06. The summed E-state index contributed by atoms with van der Waals surface area (Å²) < 4.78 is 0. The van der Waals surface area contributed by atoms with Gasteiger partial charge in [-0.3, -0.25) is 0 Å². The van der Waals surface area contributed by atoms with Gasteiger partial charge in [0.25, 0.3) is 0 Å². The van der Waals surface area contributed by atoms with Crippen molar-refractivity contribution in [2.24, 2.45) is 5.73 Å². The summed E-state index contributed by atoms with van der Waals surface area (Å²) in [5, 5.41) is 9.10. The molecule has 0 aliphatic rings. The van der Waals surface area contributed by atoms with Crippen LogP contribution >= 0.6 is 0 Å². The van der Waals surface area contributed by atoms with Crippen LogP contribution in [0.1, 0.15) is 59.3 Å². The first kappa shape index (κ1) is 16.9. The third-order valence-corrected chi connectivity index (χ3v) is 3.24. The number of aliphatic hydroxyl groups is 1. The first-order chi connectivity index (χ1) is 8.05. The molecule has 0 amide bonds. The van der Waals surface area contributed by atoms with Crippen molar-refractivity contribution in [1.29, 1.82) is 0 Å². The van der Waals surface area contributed by atoms with Gasteiger partial charge in [-0.1, -0.05) is 26.7 Å². The van der Waals surface area contributed by atoms with Crippen molar-refractivity contribution >= 4 is 0 Å². The standard InChI is InChI=1S/C14H32N2O/c1-4-6-10-16(11-7-5-2)12-8-9-14(3,15)13-17/h17H,4-13,15H2,1-3H3. The second kappa shape index (κ2) is 9.86. The molecule has 0 saturated heterocycles. The van der Waals surface area contributed by atoms with Gasteiger partial charge in [0.1, 0.15) is 0 Å². The van der Waals surface area contributed by atoms with Crippen LogP contribution in [-0.4, -0.2) is 41.8 Å². The van der Waals surface area contributed by atoms with E-state index in [0.717, 1.165) is 19.4 Å². The van der Waals surface area contributed by atoms with Gasteiger partial charge in [-0.2, -0.15) is 0 Å². The Morgan fingerprint density at radius 2 is 1.47 bits per heavy atom. The van der Waals surface area contributed by atoms with Crippen LogP contribution in [0.4, 0.5) is 0 Å².